The molecule has 0 atom stereocenters. The number of hydrogen-bond acceptors (Lipinski definition) is 4. The number of carbonyl (C=O) groups is 1. The van der Waals surface area contributed by atoms with Gasteiger partial charge in [0.25, 0.3) is 5.91 Å². The number of rotatable bonds is 7. The number of nitriles is 1. The molecule has 1 amide bonds. The number of hydrogen-bond donors (Lipinski definition) is 0. The third-order valence-electron chi connectivity index (χ3n) is 6.09. The van der Waals surface area contributed by atoms with Crippen molar-refractivity contribution < 1.29 is 4.79 Å². The van der Waals surface area contributed by atoms with E-state index in [2.05, 4.69) is 48.8 Å². The molecule has 5 heteroatoms. The summed E-state index contributed by atoms with van der Waals surface area (Å²) < 4.78 is 0. The molecule has 1 heterocycles. The lowest BCUT2D eigenvalue weighted by atomic mass is 10.1. The highest BCUT2D eigenvalue weighted by Crippen LogP contribution is 2.15. The van der Waals surface area contributed by atoms with Crippen LogP contribution in [0, 0.1) is 11.3 Å². The zero-order chi connectivity index (χ0) is 22.2. The van der Waals surface area contributed by atoms with Crippen molar-refractivity contribution in [3.63, 3.8) is 0 Å². The van der Waals surface area contributed by atoms with Crippen LogP contribution in [-0.4, -0.2) is 59.4 Å². The molecule has 0 radical (unpaired) electrons. The van der Waals surface area contributed by atoms with Crippen LogP contribution in [0.4, 0.5) is 0 Å². The van der Waals surface area contributed by atoms with Crippen LogP contribution in [0.1, 0.15) is 54.2 Å². The van der Waals surface area contributed by atoms with E-state index in [9.17, 15) is 4.79 Å². The van der Waals surface area contributed by atoms with E-state index in [4.69, 9.17) is 5.26 Å². The highest BCUT2D eigenvalue weighted by molar-refractivity contribution is 5.94. The third kappa shape index (κ3) is 6.40. The molecule has 2 aromatic rings. The minimum Gasteiger partial charge on any atom is -0.337 e. The van der Waals surface area contributed by atoms with Crippen molar-refractivity contribution in [2.45, 2.75) is 46.3 Å². The van der Waals surface area contributed by atoms with Gasteiger partial charge in [0.2, 0.25) is 0 Å². The van der Waals surface area contributed by atoms with Gasteiger partial charge in [-0.3, -0.25) is 14.6 Å². The standard InChI is InChI=1S/C26H34N4O/c1-4-29(21(2)3)20-24-10-12-25(13-11-24)26(31)30-15-5-14-28(16-17-30)19-23-8-6-22(18-27)7-9-23/h6-13,21H,4-5,14-17,19-20H2,1-3H3. The first kappa shape index (κ1) is 23.0. The Balaban J connectivity index is 1.55. The van der Waals surface area contributed by atoms with E-state index < -0.39 is 0 Å². The molecule has 0 aliphatic carbocycles. The minimum absolute atomic E-state index is 0.128. The topological polar surface area (TPSA) is 50.6 Å². The summed E-state index contributed by atoms with van der Waals surface area (Å²) in [4.78, 5) is 19.8. The van der Waals surface area contributed by atoms with Crippen LogP contribution in [-0.2, 0) is 13.1 Å². The smallest absolute Gasteiger partial charge is 0.253 e. The van der Waals surface area contributed by atoms with Gasteiger partial charge in [0.15, 0.2) is 0 Å². The summed E-state index contributed by atoms with van der Waals surface area (Å²) in [5, 5.41) is 8.95. The van der Waals surface area contributed by atoms with Gasteiger partial charge in [0.1, 0.15) is 0 Å². The summed E-state index contributed by atoms with van der Waals surface area (Å²) in [6.07, 6.45) is 0.972. The maximum Gasteiger partial charge on any atom is 0.253 e. The average molecular weight is 419 g/mol. The molecule has 1 aliphatic heterocycles. The van der Waals surface area contributed by atoms with Gasteiger partial charge in [-0.2, -0.15) is 5.26 Å². The molecule has 0 saturated carbocycles. The molecule has 0 unspecified atom stereocenters. The van der Waals surface area contributed by atoms with E-state index >= 15 is 0 Å². The lowest BCUT2D eigenvalue weighted by Gasteiger charge is -2.25. The largest absolute Gasteiger partial charge is 0.337 e. The molecule has 0 spiro atoms. The second-order valence-corrected chi connectivity index (χ2v) is 8.58. The van der Waals surface area contributed by atoms with Crippen LogP contribution in [0.3, 0.4) is 0 Å². The zero-order valence-corrected chi connectivity index (χ0v) is 19.1. The molecule has 3 rings (SSSR count). The first-order valence-corrected chi connectivity index (χ1v) is 11.3. The molecular formula is C26H34N4O. The number of benzene rings is 2. The summed E-state index contributed by atoms with van der Waals surface area (Å²) in [5.74, 6) is 0.128. The van der Waals surface area contributed by atoms with Crippen LogP contribution in [0.15, 0.2) is 48.5 Å². The highest BCUT2D eigenvalue weighted by Gasteiger charge is 2.20. The van der Waals surface area contributed by atoms with Gasteiger partial charge >= 0.3 is 0 Å². The van der Waals surface area contributed by atoms with Crippen molar-refractivity contribution in [2.24, 2.45) is 0 Å². The fraction of sp³-hybridized carbons (Fsp3) is 0.462. The van der Waals surface area contributed by atoms with Gasteiger partial charge in [-0.05, 0) is 62.2 Å². The maximum absolute atomic E-state index is 13.1. The number of nitrogens with zero attached hydrogens (tertiary/aromatic N) is 4. The Hall–Kier alpha value is -2.68. The van der Waals surface area contributed by atoms with Gasteiger partial charge in [-0.15, -0.1) is 0 Å². The number of carbonyl (C=O) groups excluding carboxylic acids is 1. The molecule has 31 heavy (non-hydrogen) atoms. The summed E-state index contributed by atoms with van der Waals surface area (Å²) in [6.45, 7) is 12.8. The maximum atomic E-state index is 13.1. The average Bonchev–Trinajstić information content (AvgIpc) is 3.03. The Labute approximate surface area is 186 Å². The van der Waals surface area contributed by atoms with Crippen LogP contribution in [0.25, 0.3) is 0 Å². The molecule has 0 aromatic heterocycles. The van der Waals surface area contributed by atoms with Gasteiger partial charge in [-0.1, -0.05) is 31.2 Å². The fourth-order valence-corrected chi connectivity index (χ4v) is 4.10. The SMILES string of the molecule is CCN(Cc1ccc(C(=O)N2CCCN(Cc3ccc(C#N)cc3)CC2)cc1)C(C)C. The van der Waals surface area contributed by atoms with Gasteiger partial charge in [0.05, 0.1) is 11.6 Å². The molecule has 0 bridgehead atoms. The summed E-state index contributed by atoms with van der Waals surface area (Å²) in [5.41, 5.74) is 3.92. The second kappa shape index (κ2) is 11.1. The Kier molecular flexibility index (Phi) is 8.22. The van der Waals surface area contributed by atoms with Crippen molar-refractivity contribution in [2.75, 3.05) is 32.7 Å². The monoisotopic (exact) mass is 418 g/mol. The van der Waals surface area contributed by atoms with Crippen LogP contribution < -0.4 is 0 Å². The lowest BCUT2D eigenvalue weighted by molar-refractivity contribution is 0.0761. The second-order valence-electron chi connectivity index (χ2n) is 8.58. The zero-order valence-electron chi connectivity index (χ0n) is 19.1. The summed E-state index contributed by atoms with van der Waals surface area (Å²) in [6, 6.07) is 18.6. The van der Waals surface area contributed by atoms with Crippen molar-refractivity contribution in [3.8, 4) is 6.07 Å². The van der Waals surface area contributed by atoms with E-state index in [1.807, 2.05) is 41.3 Å². The highest BCUT2D eigenvalue weighted by atomic mass is 16.2. The molecule has 0 N–H and O–H groups in total. The van der Waals surface area contributed by atoms with Gasteiger partial charge < -0.3 is 4.90 Å². The predicted molar refractivity (Wildman–Crippen MR) is 125 cm³/mol. The molecule has 1 saturated heterocycles. The molecular weight excluding hydrogens is 384 g/mol. The minimum atomic E-state index is 0.128. The quantitative estimate of drug-likeness (QED) is 0.678. The molecule has 2 aromatic carbocycles. The first-order chi connectivity index (χ1) is 15.0. The number of amides is 1. The van der Waals surface area contributed by atoms with Crippen molar-refractivity contribution in [3.05, 3.63) is 70.8 Å². The summed E-state index contributed by atoms with van der Waals surface area (Å²) >= 11 is 0. The molecule has 1 aliphatic rings. The normalized spacial score (nSPS) is 15.2. The van der Waals surface area contributed by atoms with E-state index in [0.717, 1.165) is 57.8 Å². The Bertz CT molecular complexity index is 883. The predicted octanol–water partition coefficient (Wildman–Crippen LogP) is 4.14. The van der Waals surface area contributed by atoms with Gasteiger partial charge in [-0.25, -0.2) is 0 Å². The van der Waals surface area contributed by atoms with E-state index in [1.165, 1.54) is 11.1 Å². The molecule has 164 valence electrons. The Morgan fingerprint density at radius 2 is 1.68 bits per heavy atom. The Morgan fingerprint density at radius 3 is 2.29 bits per heavy atom. The third-order valence-corrected chi connectivity index (χ3v) is 6.09. The van der Waals surface area contributed by atoms with Crippen LogP contribution in [0.2, 0.25) is 0 Å². The van der Waals surface area contributed by atoms with Crippen LogP contribution >= 0.6 is 0 Å². The fourth-order valence-electron chi connectivity index (χ4n) is 4.10. The van der Waals surface area contributed by atoms with E-state index in [-0.39, 0.29) is 5.91 Å². The van der Waals surface area contributed by atoms with Crippen molar-refractivity contribution >= 4 is 5.91 Å². The van der Waals surface area contributed by atoms with Crippen molar-refractivity contribution in [1.82, 2.24) is 14.7 Å². The van der Waals surface area contributed by atoms with E-state index in [0.29, 0.717) is 11.6 Å². The molecule has 5 nitrogen and oxygen atoms in total. The Morgan fingerprint density at radius 1 is 1.00 bits per heavy atom. The first-order valence-electron chi connectivity index (χ1n) is 11.3. The molecule has 1 fully saturated rings. The van der Waals surface area contributed by atoms with E-state index in [1.54, 1.807) is 0 Å². The lowest BCUT2D eigenvalue weighted by Crippen LogP contribution is -2.35. The van der Waals surface area contributed by atoms with Crippen molar-refractivity contribution in [1.29, 1.82) is 5.26 Å². The summed E-state index contributed by atoms with van der Waals surface area (Å²) in [7, 11) is 0. The van der Waals surface area contributed by atoms with Gasteiger partial charge in [0, 0.05) is 50.9 Å². The van der Waals surface area contributed by atoms with Crippen LogP contribution in [0.5, 0.6) is 0 Å².